The van der Waals surface area contributed by atoms with Crippen LogP contribution < -0.4 is 10.6 Å². The zero-order valence-corrected chi connectivity index (χ0v) is 11.7. The number of rotatable bonds is 6. The summed E-state index contributed by atoms with van der Waals surface area (Å²) in [5.41, 5.74) is 0. The predicted octanol–water partition coefficient (Wildman–Crippen LogP) is 0.990. The van der Waals surface area contributed by atoms with E-state index >= 15 is 0 Å². The van der Waals surface area contributed by atoms with Crippen molar-refractivity contribution in [3.63, 3.8) is 0 Å². The van der Waals surface area contributed by atoms with Crippen LogP contribution in [0.4, 0.5) is 5.82 Å². The topological polar surface area (TPSA) is 84.7 Å². The molecular weight excluding hydrogens is 268 g/mol. The SMILES string of the molecule is O=C(NCCNc1ccc(-n2cccn2)nn1)C1CCC1. The summed E-state index contributed by atoms with van der Waals surface area (Å²) in [5.74, 6) is 1.76. The van der Waals surface area contributed by atoms with Gasteiger partial charge < -0.3 is 10.6 Å². The molecule has 21 heavy (non-hydrogen) atoms. The highest BCUT2D eigenvalue weighted by molar-refractivity contribution is 5.79. The van der Waals surface area contributed by atoms with Crippen molar-refractivity contribution in [2.75, 3.05) is 18.4 Å². The molecule has 1 saturated carbocycles. The summed E-state index contributed by atoms with van der Waals surface area (Å²) >= 11 is 0. The summed E-state index contributed by atoms with van der Waals surface area (Å²) < 4.78 is 1.65. The molecule has 1 amide bonds. The molecule has 2 aromatic rings. The minimum absolute atomic E-state index is 0.170. The van der Waals surface area contributed by atoms with Gasteiger partial charge in [0.2, 0.25) is 5.91 Å². The molecule has 0 atom stereocenters. The van der Waals surface area contributed by atoms with Crippen molar-refractivity contribution in [3.8, 4) is 5.82 Å². The highest BCUT2D eigenvalue weighted by Gasteiger charge is 2.24. The van der Waals surface area contributed by atoms with Crippen molar-refractivity contribution in [2.24, 2.45) is 5.92 Å². The first kappa shape index (κ1) is 13.5. The highest BCUT2D eigenvalue weighted by Crippen LogP contribution is 2.25. The Balaban J connectivity index is 1.42. The maximum absolute atomic E-state index is 11.6. The van der Waals surface area contributed by atoms with E-state index in [4.69, 9.17) is 0 Å². The van der Waals surface area contributed by atoms with Gasteiger partial charge in [0.1, 0.15) is 5.82 Å². The van der Waals surface area contributed by atoms with Crippen LogP contribution in [-0.2, 0) is 4.79 Å². The fourth-order valence-electron chi connectivity index (χ4n) is 2.14. The summed E-state index contributed by atoms with van der Waals surface area (Å²) in [5, 5.41) is 18.3. The molecule has 7 nitrogen and oxygen atoms in total. The monoisotopic (exact) mass is 286 g/mol. The molecule has 0 aliphatic heterocycles. The van der Waals surface area contributed by atoms with Crippen LogP contribution in [-0.4, -0.2) is 39.0 Å². The minimum Gasteiger partial charge on any atom is -0.367 e. The van der Waals surface area contributed by atoms with Gasteiger partial charge >= 0.3 is 0 Å². The average molecular weight is 286 g/mol. The lowest BCUT2D eigenvalue weighted by atomic mass is 9.85. The van der Waals surface area contributed by atoms with Gasteiger partial charge in [0, 0.05) is 31.4 Å². The summed E-state index contributed by atoms with van der Waals surface area (Å²) in [4.78, 5) is 11.6. The normalized spacial score (nSPS) is 14.5. The third-order valence-electron chi connectivity index (χ3n) is 3.60. The number of carbonyl (C=O) groups excluding carboxylic acids is 1. The Morgan fingerprint density at radius 1 is 1.29 bits per heavy atom. The van der Waals surface area contributed by atoms with Crippen LogP contribution in [0.25, 0.3) is 5.82 Å². The van der Waals surface area contributed by atoms with Crippen LogP contribution in [0.2, 0.25) is 0 Å². The van der Waals surface area contributed by atoms with E-state index in [1.165, 1.54) is 6.42 Å². The first-order valence-corrected chi connectivity index (χ1v) is 7.18. The summed E-state index contributed by atoms with van der Waals surface area (Å²) in [6, 6.07) is 5.52. The van der Waals surface area contributed by atoms with Gasteiger partial charge in [0.05, 0.1) is 0 Å². The second kappa shape index (κ2) is 6.34. The van der Waals surface area contributed by atoms with Crippen molar-refractivity contribution >= 4 is 11.7 Å². The van der Waals surface area contributed by atoms with Gasteiger partial charge in [-0.05, 0) is 31.0 Å². The Bertz CT molecular complexity index is 576. The third kappa shape index (κ3) is 3.36. The number of nitrogens with zero attached hydrogens (tertiary/aromatic N) is 4. The Labute approximate surface area is 122 Å². The van der Waals surface area contributed by atoms with Gasteiger partial charge in [0.25, 0.3) is 0 Å². The molecule has 3 rings (SSSR count). The molecule has 110 valence electrons. The van der Waals surface area contributed by atoms with Crippen LogP contribution >= 0.6 is 0 Å². The standard InChI is InChI=1S/C14H18N6O/c21-14(11-3-1-4-11)16-9-8-15-12-5-6-13(19-18-12)20-10-2-7-17-20/h2,5-7,10-11H,1,3-4,8-9H2,(H,15,18)(H,16,21). The molecule has 1 aliphatic rings. The van der Waals surface area contributed by atoms with Crippen LogP contribution in [0.1, 0.15) is 19.3 Å². The summed E-state index contributed by atoms with van der Waals surface area (Å²) in [6.07, 6.45) is 6.74. The number of nitrogens with one attached hydrogen (secondary N) is 2. The minimum atomic E-state index is 0.170. The van der Waals surface area contributed by atoms with Gasteiger partial charge in [-0.2, -0.15) is 5.10 Å². The molecule has 2 N–H and O–H groups in total. The second-order valence-corrected chi connectivity index (χ2v) is 5.07. The quantitative estimate of drug-likeness (QED) is 0.774. The van der Waals surface area contributed by atoms with Gasteiger partial charge in [-0.25, -0.2) is 4.68 Å². The van der Waals surface area contributed by atoms with E-state index in [0.717, 1.165) is 12.8 Å². The lowest BCUT2D eigenvalue weighted by molar-refractivity contribution is -0.127. The lowest BCUT2D eigenvalue weighted by Crippen LogP contribution is -2.36. The highest BCUT2D eigenvalue weighted by atomic mass is 16.1. The first-order chi connectivity index (χ1) is 10.3. The van der Waals surface area contributed by atoms with Crippen molar-refractivity contribution in [1.29, 1.82) is 0 Å². The lowest BCUT2D eigenvalue weighted by Gasteiger charge is -2.24. The molecular formula is C14H18N6O. The predicted molar refractivity (Wildman–Crippen MR) is 78.0 cm³/mol. The van der Waals surface area contributed by atoms with Crippen LogP contribution in [0.3, 0.4) is 0 Å². The molecule has 0 unspecified atom stereocenters. The number of hydrogen-bond donors (Lipinski definition) is 2. The molecule has 0 spiro atoms. The zero-order valence-electron chi connectivity index (χ0n) is 11.7. The van der Waals surface area contributed by atoms with E-state index in [9.17, 15) is 4.79 Å². The molecule has 0 saturated heterocycles. The van der Waals surface area contributed by atoms with Gasteiger partial charge in [-0.1, -0.05) is 6.42 Å². The summed E-state index contributed by atoms with van der Waals surface area (Å²) in [6.45, 7) is 1.23. The van der Waals surface area contributed by atoms with Gasteiger partial charge in [0.15, 0.2) is 5.82 Å². The molecule has 2 aromatic heterocycles. The molecule has 0 aromatic carbocycles. The van der Waals surface area contributed by atoms with Crippen LogP contribution in [0.15, 0.2) is 30.6 Å². The summed E-state index contributed by atoms with van der Waals surface area (Å²) in [7, 11) is 0. The van der Waals surface area contributed by atoms with E-state index in [0.29, 0.717) is 24.7 Å². The smallest absolute Gasteiger partial charge is 0.223 e. The van der Waals surface area contributed by atoms with E-state index in [1.54, 1.807) is 10.9 Å². The van der Waals surface area contributed by atoms with E-state index in [1.807, 2.05) is 24.4 Å². The maximum Gasteiger partial charge on any atom is 0.223 e. The van der Waals surface area contributed by atoms with Crippen LogP contribution in [0, 0.1) is 5.92 Å². The number of hydrogen-bond acceptors (Lipinski definition) is 5. The Kier molecular flexibility index (Phi) is 4.09. The van der Waals surface area contributed by atoms with Crippen LogP contribution in [0.5, 0.6) is 0 Å². The molecule has 1 aliphatic carbocycles. The van der Waals surface area contributed by atoms with E-state index < -0.39 is 0 Å². The Morgan fingerprint density at radius 2 is 2.19 bits per heavy atom. The Hall–Kier alpha value is -2.44. The average Bonchev–Trinajstić information content (AvgIpc) is 2.96. The third-order valence-corrected chi connectivity index (χ3v) is 3.60. The van der Waals surface area contributed by atoms with E-state index in [2.05, 4.69) is 25.9 Å². The number of amides is 1. The number of carbonyl (C=O) groups is 1. The molecule has 1 fully saturated rings. The molecule has 0 bridgehead atoms. The fourth-order valence-corrected chi connectivity index (χ4v) is 2.14. The second-order valence-electron chi connectivity index (χ2n) is 5.07. The van der Waals surface area contributed by atoms with Gasteiger partial charge in [-0.15, -0.1) is 10.2 Å². The van der Waals surface area contributed by atoms with Crippen molar-refractivity contribution in [2.45, 2.75) is 19.3 Å². The van der Waals surface area contributed by atoms with Crippen molar-refractivity contribution in [3.05, 3.63) is 30.6 Å². The largest absolute Gasteiger partial charge is 0.367 e. The number of anilines is 1. The number of aromatic nitrogens is 4. The Morgan fingerprint density at radius 3 is 2.81 bits per heavy atom. The van der Waals surface area contributed by atoms with Crippen molar-refractivity contribution < 1.29 is 4.79 Å². The zero-order chi connectivity index (χ0) is 14.5. The maximum atomic E-state index is 11.6. The molecule has 2 heterocycles. The van der Waals surface area contributed by atoms with E-state index in [-0.39, 0.29) is 11.8 Å². The first-order valence-electron chi connectivity index (χ1n) is 7.18. The van der Waals surface area contributed by atoms with Crippen molar-refractivity contribution in [1.82, 2.24) is 25.3 Å². The molecule has 7 heteroatoms. The fraction of sp³-hybridized carbons (Fsp3) is 0.429. The molecule has 0 radical (unpaired) electrons. The van der Waals surface area contributed by atoms with Gasteiger partial charge in [-0.3, -0.25) is 4.79 Å².